The van der Waals surface area contributed by atoms with Crippen LogP contribution in [0.2, 0.25) is 0 Å². The van der Waals surface area contributed by atoms with Gasteiger partial charge in [0.25, 0.3) is 0 Å². The Balaban J connectivity index is 0.000000244. The van der Waals surface area contributed by atoms with Crippen molar-refractivity contribution in [2.24, 2.45) is 5.41 Å². The summed E-state index contributed by atoms with van der Waals surface area (Å²) in [6, 6.07) is 16.0. The van der Waals surface area contributed by atoms with E-state index < -0.39 is 17.4 Å². The van der Waals surface area contributed by atoms with E-state index in [4.69, 9.17) is 19.7 Å². The lowest BCUT2D eigenvalue weighted by molar-refractivity contribution is -0.145. The van der Waals surface area contributed by atoms with Gasteiger partial charge in [-0.1, -0.05) is 66.8 Å². The first kappa shape index (κ1) is 24.5. The van der Waals surface area contributed by atoms with Crippen molar-refractivity contribution in [3.63, 3.8) is 0 Å². The molecule has 1 aliphatic rings. The molecule has 2 aromatic carbocycles. The largest absolute Gasteiger partial charge is 0.493 e. The number of carboxylic acid groups (broad SMARTS) is 2. The lowest BCUT2D eigenvalue weighted by Gasteiger charge is -2.23. The van der Waals surface area contributed by atoms with Crippen molar-refractivity contribution in [1.29, 1.82) is 0 Å². The van der Waals surface area contributed by atoms with E-state index >= 15 is 0 Å². The van der Waals surface area contributed by atoms with Gasteiger partial charge in [0.1, 0.15) is 6.61 Å². The summed E-state index contributed by atoms with van der Waals surface area (Å²) in [5, 5.41) is 17.5. The number of rotatable bonds is 7. The molecular weight excluding hydrogens is 408 g/mol. The zero-order valence-electron chi connectivity index (χ0n) is 18.4. The Hall–Kier alpha value is -3.80. The zero-order valence-corrected chi connectivity index (χ0v) is 18.4. The molecule has 0 aromatic heterocycles. The monoisotopic (exact) mass is 436 g/mol. The van der Waals surface area contributed by atoms with Crippen molar-refractivity contribution < 1.29 is 29.3 Å². The van der Waals surface area contributed by atoms with E-state index in [1.54, 1.807) is 7.11 Å². The highest BCUT2D eigenvalue weighted by atomic mass is 16.5. The summed E-state index contributed by atoms with van der Waals surface area (Å²) < 4.78 is 11.2. The summed E-state index contributed by atoms with van der Waals surface area (Å²) in [6.07, 6.45) is 8.47. The lowest BCUT2D eigenvalue weighted by Crippen LogP contribution is -2.28. The third-order valence-electron chi connectivity index (χ3n) is 4.87. The summed E-state index contributed by atoms with van der Waals surface area (Å²) in [6.45, 7) is 4.04. The van der Waals surface area contributed by atoms with Crippen molar-refractivity contribution in [1.82, 2.24) is 0 Å². The second kappa shape index (κ2) is 11.6. The summed E-state index contributed by atoms with van der Waals surface area (Å²) >= 11 is 0. The maximum atomic E-state index is 10.8. The SMILES string of the molecule is CC1(C(=O)O)C=CC=C(C(=O)O)C1.CC=Cc1ccc(OCc2ccccc2)c(OC)c1. The van der Waals surface area contributed by atoms with Crippen LogP contribution in [-0.4, -0.2) is 29.3 Å². The van der Waals surface area contributed by atoms with Crippen LogP contribution in [0.15, 0.2) is 78.4 Å². The van der Waals surface area contributed by atoms with Gasteiger partial charge >= 0.3 is 11.9 Å². The highest BCUT2D eigenvalue weighted by Gasteiger charge is 2.34. The number of benzene rings is 2. The van der Waals surface area contributed by atoms with E-state index in [0.717, 1.165) is 22.6 Å². The molecule has 0 fully saturated rings. The highest BCUT2D eigenvalue weighted by molar-refractivity contribution is 5.90. The second-order valence-corrected chi connectivity index (χ2v) is 7.44. The lowest BCUT2D eigenvalue weighted by atomic mass is 9.80. The Morgan fingerprint density at radius 2 is 1.81 bits per heavy atom. The van der Waals surface area contributed by atoms with Crippen LogP contribution in [0, 0.1) is 5.41 Å². The molecule has 1 unspecified atom stereocenters. The van der Waals surface area contributed by atoms with Gasteiger partial charge in [0.05, 0.1) is 12.5 Å². The molecule has 0 aliphatic heterocycles. The van der Waals surface area contributed by atoms with Crippen molar-refractivity contribution in [2.45, 2.75) is 26.9 Å². The Kier molecular flexibility index (Phi) is 8.83. The van der Waals surface area contributed by atoms with Crippen LogP contribution in [0.1, 0.15) is 31.4 Å². The van der Waals surface area contributed by atoms with Gasteiger partial charge in [0.15, 0.2) is 11.5 Å². The topological polar surface area (TPSA) is 93.1 Å². The average molecular weight is 437 g/mol. The van der Waals surface area contributed by atoms with Crippen molar-refractivity contribution in [2.75, 3.05) is 7.11 Å². The molecule has 1 atom stereocenters. The minimum atomic E-state index is -1.08. The first-order valence-electron chi connectivity index (χ1n) is 10.1. The molecule has 2 aromatic rings. The van der Waals surface area contributed by atoms with Gasteiger partial charge in [-0.25, -0.2) is 4.79 Å². The molecular formula is C26H28O6. The first-order chi connectivity index (χ1) is 15.3. The fraction of sp³-hybridized carbons (Fsp3) is 0.231. The van der Waals surface area contributed by atoms with E-state index in [2.05, 4.69) is 0 Å². The Morgan fingerprint density at radius 3 is 2.41 bits per heavy atom. The third-order valence-corrected chi connectivity index (χ3v) is 4.87. The van der Waals surface area contributed by atoms with E-state index in [9.17, 15) is 9.59 Å². The highest BCUT2D eigenvalue weighted by Crippen LogP contribution is 2.31. The van der Waals surface area contributed by atoms with Crippen LogP contribution in [-0.2, 0) is 16.2 Å². The molecule has 0 saturated carbocycles. The number of methoxy groups -OCH3 is 1. The molecule has 2 N–H and O–H groups in total. The van der Waals surface area contributed by atoms with Crippen LogP contribution < -0.4 is 9.47 Å². The zero-order chi connectivity index (χ0) is 23.6. The van der Waals surface area contributed by atoms with E-state index in [1.165, 1.54) is 25.2 Å². The molecule has 0 radical (unpaired) electrons. The molecule has 168 valence electrons. The quantitative estimate of drug-likeness (QED) is 0.607. The molecule has 6 heteroatoms. The Morgan fingerprint density at radius 1 is 1.09 bits per heavy atom. The van der Waals surface area contributed by atoms with Gasteiger partial charge in [0.2, 0.25) is 0 Å². The smallest absolute Gasteiger partial charge is 0.331 e. The minimum Gasteiger partial charge on any atom is -0.493 e. The van der Waals surface area contributed by atoms with Gasteiger partial charge in [-0.2, -0.15) is 0 Å². The van der Waals surface area contributed by atoms with Gasteiger partial charge in [-0.15, -0.1) is 0 Å². The van der Waals surface area contributed by atoms with Crippen LogP contribution >= 0.6 is 0 Å². The Bertz CT molecular complexity index is 1020. The summed E-state index contributed by atoms with van der Waals surface area (Å²) in [5.41, 5.74) is 1.29. The molecule has 0 amide bonds. The van der Waals surface area contributed by atoms with E-state index in [1.807, 2.05) is 67.6 Å². The van der Waals surface area contributed by atoms with Crippen LogP contribution in [0.5, 0.6) is 11.5 Å². The fourth-order valence-electron chi connectivity index (χ4n) is 3.02. The van der Waals surface area contributed by atoms with Crippen LogP contribution in [0.25, 0.3) is 6.08 Å². The molecule has 0 heterocycles. The number of carboxylic acids is 2. The fourth-order valence-corrected chi connectivity index (χ4v) is 3.02. The molecule has 32 heavy (non-hydrogen) atoms. The minimum absolute atomic E-state index is 0.0359. The van der Waals surface area contributed by atoms with Gasteiger partial charge in [-0.3, -0.25) is 4.79 Å². The summed E-state index contributed by atoms with van der Waals surface area (Å²) in [7, 11) is 1.66. The van der Waals surface area contributed by atoms with Crippen molar-refractivity contribution in [3.05, 3.63) is 89.5 Å². The number of aliphatic carboxylic acids is 2. The first-order valence-corrected chi connectivity index (χ1v) is 10.1. The maximum absolute atomic E-state index is 10.8. The number of hydrogen-bond donors (Lipinski definition) is 2. The van der Waals surface area contributed by atoms with Crippen molar-refractivity contribution in [3.8, 4) is 11.5 Å². The molecule has 1 aliphatic carbocycles. The number of ether oxygens (including phenoxy) is 2. The maximum Gasteiger partial charge on any atom is 0.331 e. The average Bonchev–Trinajstić information content (AvgIpc) is 2.79. The normalized spacial score (nSPS) is 17.2. The molecule has 0 bridgehead atoms. The Labute approximate surface area is 188 Å². The number of carbonyl (C=O) groups is 2. The third kappa shape index (κ3) is 6.87. The summed E-state index contributed by atoms with van der Waals surface area (Å²) in [4.78, 5) is 21.3. The number of hydrogen-bond acceptors (Lipinski definition) is 4. The summed E-state index contributed by atoms with van der Waals surface area (Å²) in [5.74, 6) is -0.543. The van der Waals surface area contributed by atoms with Gasteiger partial charge in [0, 0.05) is 5.57 Å². The van der Waals surface area contributed by atoms with E-state index in [0.29, 0.717) is 6.61 Å². The number of allylic oxidation sites excluding steroid dienone is 3. The molecule has 6 nitrogen and oxygen atoms in total. The standard InChI is InChI=1S/C17H18O2.C9H10O4/c1-3-7-14-10-11-16(17(12-14)18-2)19-13-15-8-5-4-6-9-15;1-9(8(12)13)4-2-3-6(5-9)7(10)11/h3-12H,13H2,1-2H3;2-4H,5H2,1H3,(H,10,11)(H,12,13). The van der Waals surface area contributed by atoms with Crippen LogP contribution in [0.3, 0.4) is 0 Å². The second-order valence-electron chi connectivity index (χ2n) is 7.44. The van der Waals surface area contributed by atoms with Crippen molar-refractivity contribution >= 4 is 18.0 Å². The van der Waals surface area contributed by atoms with Gasteiger partial charge in [-0.05, 0) is 43.5 Å². The van der Waals surface area contributed by atoms with Gasteiger partial charge < -0.3 is 19.7 Å². The molecule has 3 rings (SSSR count). The predicted octanol–water partition coefficient (Wildman–Crippen LogP) is 5.36. The van der Waals surface area contributed by atoms with E-state index in [-0.39, 0.29) is 12.0 Å². The molecule has 0 spiro atoms. The molecule has 0 saturated heterocycles. The van der Waals surface area contributed by atoms with Crippen LogP contribution in [0.4, 0.5) is 0 Å². The predicted molar refractivity (Wildman–Crippen MR) is 124 cm³/mol.